The van der Waals surface area contributed by atoms with Gasteiger partial charge < -0.3 is 20.4 Å². The summed E-state index contributed by atoms with van der Waals surface area (Å²) in [5.41, 5.74) is 0. The average Bonchev–Trinajstić information content (AvgIpc) is 3.08. The number of hydrazine groups is 1. The Balaban J connectivity index is 1.85. The predicted octanol–water partition coefficient (Wildman–Crippen LogP) is 2.98. The molecule has 5 unspecified atom stereocenters. The van der Waals surface area contributed by atoms with Gasteiger partial charge in [-0.2, -0.15) is 0 Å². The first-order valence-electron chi connectivity index (χ1n) is 19.3. The van der Waals surface area contributed by atoms with Gasteiger partial charge in [0.15, 0.2) is 0 Å². The van der Waals surface area contributed by atoms with Crippen molar-refractivity contribution in [3.63, 3.8) is 0 Å². The van der Waals surface area contributed by atoms with Gasteiger partial charge in [-0.05, 0) is 89.4 Å². The lowest BCUT2D eigenvalue weighted by atomic mass is 9.79. The van der Waals surface area contributed by atoms with Gasteiger partial charge in [0.05, 0.1) is 28.7 Å². The van der Waals surface area contributed by atoms with Crippen LogP contribution in [-0.4, -0.2) is 122 Å². The molecule has 3 aliphatic rings. The Labute approximate surface area is 302 Å². The number of hydrogen-bond donors (Lipinski definition) is 4. The summed E-state index contributed by atoms with van der Waals surface area (Å²) in [7, 11) is -4.49. The first kappa shape index (κ1) is 43.0. The van der Waals surface area contributed by atoms with Gasteiger partial charge in [0.25, 0.3) is 0 Å². The van der Waals surface area contributed by atoms with E-state index >= 15 is 0 Å². The number of rotatable bonds is 19. The minimum absolute atomic E-state index is 0.0352. The Kier molecular flexibility index (Phi) is 17.4. The highest BCUT2D eigenvalue weighted by atomic mass is 32.2. The molecule has 0 heterocycles. The molecule has 0 radical (unpaired) electrons. The van der Waals surface area contributed by atoms with Crippen LogP contribution in [0.3, 0.4) is 0 Å². The van der Waals surface area contributed by atoms with E-state index in [0.29, 0.717) is 58.2 Å². The van der Waals surface area contributed by atoms with Gasteiger partial charge >= 0.3 is 0 Å². The Bertz CT molecular complexity index is 1260. The summed E-state index contributed by atoms with van der Waals surface area (Å²) >= 11 is 0. The van der Waals surface area contributed by atoms with Crippen molar-refractivity contribution in [3.8, 4) is 0 Å². The third kappa shape index (κ3) is 12.4. The molecule has 3 saturated carbocycles. The molecule has 0 saturated heterocycles. The second-order valence-electron chi connectivity index (χ2n) is 15.3. The van der Waals surface area contributed by atoms with E-state index in [4.69, 9.17) is 0 Å². The lowest BCUT2D eigenvalue weighted by Crippen LogP contribution is -2.56. The number of carbonyl (C=O) groups excluding carboxylic acids is 2. The van der Waals surface area contributed by atoms with E-state index in [9.17, 15) is 36.6 Å². The summed E-state index contributed by atoms with van der Waals surface area (Å²) < 4.78 is 54.6. The first-order chi connectivity index (χ1) is 23.6. The van der Waals surface area contributed by atoms with Crippen LogP contribution in [0.4, 0.5) is 0 Å². The van der Waals surface area contributed by atoms with Gasteiger partial charge in [0, 0.05) is 52.1 Å². The minimum Gasteiger partial charge on any atom is -0.393 e. The Morgan fingerprint density at radius 3 is 1.92 bits per heavy atom. The molecule has 0 aromatic heterocycles. The molecule has 0 spiro atoms. The molecule has 5 atom stereocenters. The lowest BCUT2D eigenvalue weighted by molar-refractivity contribution is -0.138. The molecular weight excluding hydrogens is 683 g/mol. The summed E-state index contributed by atoms with van der Waals surface area (Å²) in [5, 5.41) is 25.1. The second kappa shape index (κ2) is 20.2. The number of nitrogens with one attached hydrogen (secondary N) is 2. The molecule has 13 nitrogen and oxygen atoms in total. The fourth-order valence-electron chi connectivity index (χ4n) is 8.13. The summed E-state index contributed by atoms with van der Waals surface area (Å²) in [4.78, 5) is 32.5. The zero-order valence-electron chi connectivity index (χ0n) is 31.3. The maximum atomic E-state index is 14.2. The third-order valence-electron chi connectivity index (χ3n) is 11.0. The van der Waals surface area contributed by atoms with Gasteiger partial charge in [-0.3, -0.25) is 9.59 Å². The molecule has 0 aromatic carbocycles. The number of aliphatic hydroxyl groups is 2. The SMILES string of the molecule is CCCN(CC(O)C(CC1CCC(O)CC1)NC(=O)C1CC(C(=O)N(CCC)CCC)CC(S(=O)(=O)N(C)C)C1)NS(=O)(=O)C1CCCCC1. The summed E-state index contributed by atoms with van der Waals surface area (Å²) in [6.45, 7) is 7.39. The molecule has 0 aromatic rings. The van der Waals surface area contributed by atoms with Gasteiger partial charge in [0.1, 0.15) is 0 Å². The van der Waals surface area contributed by atoms with Crippen LogP contribution in [0.5, 0.6) is 0 Å². The van der Waals surface area contributed by atoms with Crippen LogP contribution in [0.25, 0.3) is 0 Å². The zero-order chi connectivity index (χ0) is 37.1. The van der Waals surface area contributed by atoms with Crippen LogP contribution in [0.1, 0.15) is 124 Å². The van der Waals surface area contributed by atoms with Crippen molar-refractivity contribution in [1.29, 1.82) is 0 Å². The zero-order valence-corrected chi connectivity index (χ0v) is 32.9. The van der Waals surface area contributed by atoms with Crippen LogP contribution < -0.4 is 10.1 Å². The van der Waals surface area contributed by atoms with Crippen molar-refractivity contribution in [3.05, 3.63) is 0 Å². The highest BCUT2D eigenvalue weighted by Crippen LogP contribution is 2.36. The summed E-state index contributed by atoms with van der Waals surface area (Å²) in [5.74, 6) is -1.78. The molecule has 292 valence electrons. The molecule has 3 rings (SSSR count). The molecule has 4 N–H and O–H groups in total. The largest absolute Gasteiger partial charge is 0.393 e. The number of aliphatic hydroxyl groups excluding tert-OH is 2. The van der Waals surface area contributed by atoms with Gasteiger partial charge in [-0.25, -0.2) is 26.1 Å². The molecule has 2 amide bonds. The van der Waals surface area contributed by atoms with E-state index in [1.165, 1.54) is 14.1 Å². The normalized spacial score (nSPS) is 26.9. The Morgan fingerprint density at radius 2 is 1.36 bits per heavy atom. The van der Waals surface area contributed by atoms with Crippen molar-refractivity contribution in [2.24, 2.45) is 17.8 Å². The van der Waals surface area contributed by atoms with Crippen molar-refractivity contribution >= 4 is 31.9 Å². The molecule has 15 heteroatoms. The molecule has 0 aliphatic heterocycles. The number of carbonyl (C=O) groups is 2. The Morgan fingerprint density at radius 1 is 0.780 bits per heavy atom. The van der Waals surface area contributed by atoms with Crippen molar-refractivity contribution in [1.82, 2.24) is 24.4 Å². The van der Waals surface area contributed by atoms with E-state index in [-0.39, 0.29) is 43.7 Å². The Hall–Kier alpha value is -1.36. The van der Waals surface area contributed by atoms with E-state index in [2.05, 4.69) is 10.1 Å². The van der Waals surface area contributed by atoms with E-state index < -0.39 is 60.4 Å². The van der Waals surface area contributed by atoms with Gasteiger partial charge in [0.2, 0.25) is 31.9 Å². The van der Waals surface area contributed by atoms with Crippen LogP contribution in [0, 0.1) is 17.8 Å². The van der Waals surface area contributed by atoms with E-state index in [1.807, 2.05) is 20.8 Å². The molecule has 0 bridgehead atoms. The minimum atomic E-state index is -3.77. The third-order valence-corrected chi connectivity index (χ3v) is 15.1. The standard InChI is InChI=1S/C35H67N5O8S2/c1-6-18-39(19-7-2)35(44)28-22-27(23-31(24-28)50(47,48)38(4)5)34(43)36-32(21-26-14-16-29(41)17-15-26)33(42)25-40(20-8-3)37-49(45,46)30-12-10-9-11-13-30/h26-33,37,41-42H,6-25H2,1-5H3,(H,36,43). The van der Waals surface area contributed by atoms with E-state index in [0.717, 1.165) is 49.3 Å². The molecule has 50 heavy (non-hydrogen) atoms. The quantitative estimate of drug-likeness (QED) is 0.145. The average molecular weight is 750 g/mol. The number of nitrogens with zero attached hydrogens (tertiary/aromatic N) is 3. The monoisotopic (exact) mass is 749 g/mol. The maximum absolute atomic E-state index is 14.2. The highest BCUT2D eigenvalue weighted by Gasteiger charge is 2.44. The van der Waals surface area contributed by atoms with Gasteiger partial charge in [-0.15, -0.1) is 4.83 Å². The molecular formula is C35H67N5O8S2. The predicted molar refractivity (Wildman–Crippen MR) is 196 cm³/mol. The van der Waals surface area contributed by atoms with Crippen LogP contribution in [0.15, 0.2) is 0 Å². The van der Waals surface area contributed by atoms with Crippen LogP contribution >= 0.6 is 0 Å². The fraction of sp³-hybridized carbons (Fsp3) is 0.943. The van der Waals surface area contributed by atoms with Crippen molar-refractivity contribution in [2.45, 2.75) is 152 Å². The van der Waals surface area contributed by atoms with Crippen LogP contribution in [0.2, 0.25) is 0 Å². The topological polar surface area (TPSA) is 177 Å². The van der Waals surface area contributed by atoms with Crippen molar-refractivity contribution in [2.75, 3.05) is 40.3 Å². The summed E-state index contributed by atoms with van der Waals surface area (Å²) in [6.07, 6.45) is 8.26. The number of hydrogen-bond acceptors (Lipinski definition) is 9. The first-order valence-corrected chi connectivity index (χ1v) is 22.3. The number of amides is 2. The van der Waals surface area contributed by atoms with Gasteiger partial charge in [-0.1, -0.05) is 40.0 Å². The summed E-state index contributed by atoms with van der Waals surface area (Å²) in [6, 6.07) is -0.738. The smallest absolute Gasteiger partial charge is 0.227 e. The highest BCUT2D eigenvalue weighted by molar-refractivity contribution is 7.90. The lowest BCUT2D eigenvalue weighted by Gasteiger charge is -2.38. The van der Waals surface area contributed by atoms with Crippen LogP contribution in [-0.2, 0) is 29.6 Å². The van der Waals surface area contributed by atoms with Crippen molar-refractivity contribution < 1.29 is 36.6 Å². The van der Waals surface area contributed by atoms with E-state index in [1.54, 1.807) is 9.91 Å². The number of sulfonamides is 2. The second-order valence-corrected chi connectivity index (χ2v) is 19.7. The molecule has 3 fully saturated rings. The molecule has 3 aliphatic carbocycles. The fourth-order valence-corrected chi connectivity index (χ4v) is 11.3. The maximum Gasteiger partial charge on any atom is 0.227 e.